The first-order valence-corrected chi connectivity index (χ1v) is 10.3. The number of rotatable bonds is 7. The third kappa shape index (κ3) is 5.36. The quantitative estimate of drug-likeness (QED) is 0.232. The molecule has 3 N–H and O–H groups in total. The Balaban J connectivity index is 1.63. The number of aromatic amines is 1. The van der Waals surface area contributed by atoms with Crippen LogP contribution in [0.15, 0.2) is 58.8 Å². The van der Waals surface area contributed by atoms with Crippen molar-refractivity contribution in [1.29, 1.82) is 0 Å². The van der Waals surface area contributed by atoms with E-state index in [0.717, 1.165) is 17.0 Å². The number of benzene rings is 2. The van der Waals surface area contributed by atoms with Crippen molar-refractivity contribution in [3.8, 4) is 17.1 Å². The molecule has 0 aliphatic heterocycles. The lowest BCUT2D eigenvalue weighted by Crippen LogP contribution is -2.36. The van der Waals surface area contributed by atoms with Crippen LogP contribution in [0.2, 0.25) is 5.02 Å². The van der Waals surface area contributed by atoms with Crippen molar-refractivity contribution in [2.75, 3.05) is 5.75 Å². The second-order valence-corrected chi connectivity index (χ2v) is 7.56. The predicted molar refractivity (Wildman–Crippen MR) is 114 cm³/mol. The minimum Gasteiger partial charge on any atom is -0.508 e. The Labute approximate surface area is 177 Å². The van der Waals surface area contributed by atoms with Gasteiger partial charge in [0.1, 0.15) is 5.75 Å². The van der Waals surface area contributed by atoms with Gasteiger partial charge in [-0.2, -0.15) is 5.10 Å². The van der Waals surface area contributed by atoms with Gasteiger partial charge >= 0.3 is 5.16 Å². The van der Waals surface area contributed by atoms with Gasteiger partial charge in [0.15, 0.2) is 0 Å². The highest BCUT2D eigenvalue weighted by Crippen LogP contribution is 2.20. The van der Waals surface area contributed by atoms with Crippen LogP contribution in [0.1, 0.15) is 19.4 Å². The zero-order valence-corrected chi connectivity index (χ0v) is 17.6. The van der Waals surface area contributed by atoms with Crippen LogP contribution in [0.3, 0.4) is 0 Å². The van der Waals surface area contributed by atoms with Gasteiger partial charge in [0.05, 0.1) is 28.7 Å². The maximum absolute atomic E-state index is 12.2. The topological polar surface area (TPSA) is 94.2 Å². The average molecular weight is 431 g/mol. The molecular formula is C20H21ClN5O2S+. The molecule has 1 heterocycles. The van der Waals surface area contributed by atoms with Crippen LogP contribution in [-0.4, -0.2) is 32.7 Å². The summed E-state index contributed by atoms with van der Waals surface area (Å²) in [6, 6.07) is 14.2. The lowest BCUT2D eigenvalue weighted by Gasteiger charge is -2.03. The zero-order valence-electron chi connectivity index (χ0n) is 16.0. The Morgan fingerprint density at radius 1 is 1.31 bits per heavy atom. The number of amides is 1. The van der Waals surface area contributed by atoms with Crippen molar-refractivity contribution in [2.24, 2.45) is 5.10 Å². The number of aromatic nitrogens is 3. The molecule has 0 atom stereocenters. The maximum atomic E-state index is 12.2. The molecule has 29 heavy (non-hydrogen) atoms. The van der Waals surface area contributed by atoms with E-state index >= 15 is 0 Å². The van der Waals surface area contributed by atoms with E-state index in [1.54, 1.807) is 25.1 Å². The number of halogens is 1. The normalized spacial score (nSPS) is 11.5. The molecule has 3 aromatic rings. The molecule has 0 unspecified atom stereocenters. The summed E-state index contributed by atoms with van der Waals surface area (Å²) < 4.78 is 2.00. The fourth-order valence-corrected chi connectivity index (χ4v) is 3.59. The minimum absolute atomic E-state index is 0.151. The number of nitrogens with zero attached hydrogens (tertiary/aromatic N) is 3. The third-order valence-electron chi connectivity index (χ3n) is 4.14. The number of hydrogen-bond donors (Lipinski definition) is 3. The standard InChI is InChI=1S/C20H20ClN5O2S/c1-3-26-19(14-7-9-16(21)10-8-14)24-25-20(26)29-12-18(28)23-22-13(2)15-5-4-6-17(27)11-15/h4-11H,3,12H2,1-2H3,(H2,23,27,28)/p+1. The summed E-state index contributed by atoms with van der Waals surface area (Å²) in [5, 5.41) is 22.4. The highest BCUT2D eigenvalue weighted by atomic mass is 35.5. The molecule has 0 bridgehead atoms. The Morgan fingerprint density at radius 2 is 2.07 bits per heavy atom. The number of phenolic OH excluding ortho intramolecular Hbond substituents is 1. The van der Waals surface area contributed by atoms with E-state index in [-0.39, 0.29) is 17.4 Å². The average Bonchev–Trinajstić information content (AvgIpc) is 3.14. The first kappa shape index (κ1) is 20.9. The van der Waals surface area contributed by atoms with Crippen molar-refractivity contribution in [3.63, 3.8) is 0 Å². The first-order valence-electron chi connectivity index (χ1n) is 8.97. The van der Waals surface area contributed by atoms with Gasteiger partial charge in [0.2, 0.25) is 0 Å². The largest absolute Gasteiger partial charge is 0.508 e. The van der Waals surface area contributed by atoms with Crippen molar-refractivity contribution >= 4 is 35.0 Å². The molecule has 1 aromatic heterocycles. The molecule has 9 heteroatoms. The van der Waals surface area contributed by atoms with Crippen molar-refractivity contribution in [1.82, 2.24) is 15.6 Å². The predicted octanol–water partition coefficient (Wildman–Crippen LogP) is 3.38. The number of phenols is 1. The zero-order chi connectivity index (χ0) is 20.8. The van der Waals surface area contributed by atoms with Gasteiger partial charge in [-0.25, -0.2) is 9.99 Å². The van der Waals surface area contributed by atoms with Crippen LogP contribution < -0.4 is 9.99 Å². The number of carbonyl (C=O) groups excluding carboxylic acids is 1. The van der Waals surface area contributed by atoms with Gasteiger partial charge < -0.3 is 5.11 Å². The molecular weight excluding hydrogens is 410 g/mol. The highest BCUT2D eigenvalue weighted by Gasteiger charge is 2.21. The monoisotopic (exact) mass is 430 g/mol. The molecule has 1 amide bonds. The summed E-state index contributed by atoms with van der Waals surface area (Å²) in [5.41, 5.74) is 4.84. The molecule has 2 aromatic carbocycles. The minimum atomic E-state index is -0.242. The van der Waals surface area contributed by atoms with Crippen LogP contribution in [0.5, 0.6) is 5.75 Å². The van der Waals surface area contributed by atoms with Gasteiger partial charge in [0.25, 0.3) is 11.7 Å². The van der Waals surface area contributed by atoms with E-state index in [1.165, 1.54) is 11.8 Å². The van der Waals surface area contributed by atoms with Gasteiger partial charge in [0, 0.05) is 10.6 Å². The Bertz CT molecular complexity index is 1030. The van der Waals surface area contributed by atoms with Crippen molar-refractivity contribution in [2.45, 2.75) is 25.5 Å². The number of H-pyrrole nitrogens is 1. The molecule has 150 valence electrons. The number of hydrazone groups is 1. The van der Waals surface area contributed by atoms with Crippen LogP contribution in [-0.2, 0) is 11.3 Å². The lowest BCUT2D eigenvalue weighted by molar-refractivity contribution is -0.719. The van der Waals surface area contributed by atoms with Crippen LogP contribution in [0.25, 0.3) is 11.4 Å². The molecule has 0 saturated carbocycles. The molecule has 3 rings (SSSR count). The van der Waals surface area contributed by atoms with Gasteiger partial charge in [-0.1, -0.05) is 23.7 Å². The van der Waals surface area contributed by atoms with Crippen molar-refractivity contribution in [3.05, 3.63) is 59.1 Å². The Kier molecular flexibility index (Phi) is 6.90. The van der Waals surface area contributed by atoms with E-state index in [1.807, 2.05) is 41.8 Å². The Morgan fingerprint density at radius 3 is 2.76 bits per heavy atom. The molecule has 0 aliphatic carbocycles. The number of carbonyl (C=O) groups is 1. The summed E-state index contributed by atoms with van der Waals surface area (Å²) >= 11 is 7.28. The number of thioether (sulfide) groups is 1. The SMILES string of the molecule is CC[n+]1c(SCC(=O)NN=C(C)c2cccc(O)c2)n[nH]c1-c1ccc(Cl)cc1. The fraction of sp³-hybridized carbons (Fsp3) is 0.200. The second-order valence-electron chi connectivity index (χ2n) is 6.18. The molecule has 0 fully saturated rings. The van der Waals surface area contributed by atoms with E-state index in [4.69, 9.17) is 11.6 Å². The van der Waals surface area contributed by atoms with Gasteiger partial charge in [-0.15, -0.1) is 5.10 Å². The number of hydrogen-bond acceptors (Lipinski definition) is 5. The lowest BCUT2D eigenvalue weighted by atomic mass is 10.1. The third-order valence-corrected chi connectivity index (χ3v) is 5.37. The van der Waals surface area contributed by atoms with Crippen molar-refractivity contribution < 1.29 is 14.5 Å². The molecule has 7 nitrogen and oxygen atoms in total. The molecule has 0 aliphatic rings. The number of nitrogens with one attached hydrogen (secondary N) is 2. The van der Waals surface area contributed by atoms with E-state index < -0.39 is 0 Å². The van der Waals surface area contributed by atoms with E-state index in [2.05, 4.69) is 20.7 Å². The van der Waals surface area contributed by atoms with E-state index in [9.17, 15) is 9.90 Å². The first-order chi connectivity index (χ1) is 14.0. The fourth-order valence-electron chi connectivity index (χ4n) is 2.65. The number of aromatic hydroxyl groups is 1. The van der Waals surface area contributed by atoms with Gasteiger partial charge in [-0.3, -0.25) is 4.79 Å². The van der Waals surface area contributed by atoms with Gasteiger partial charge in [-0.05, 0) is 62.0 Å². The smallest absolute Gasteiger partial charge is 0.337 e. The summed E-state index contributed by atoms with van der Waals surface area (Å²) in [5.74, 6) is 0.929. The maximum Gasteiger partial charge on any atom is 0.337 e. The Hall–Kier alpha value is -2.84. The van der Waals surface area contributed by atoms with E-state index in [0.29, 0.717) is 22.4 Å². The summed E-state index contributed by atoms with van der Waals surface area (Å²) in [7, 11) is 0. The highest BCUT2D eigenvalue weighted by molar-refractivity contribution is 7.99. The summed E-state index contributed by atoms with van der Waals surface area (Å²) in [6.07, 6.45) is 0. The van der Waals surface area contributed by atoms with Crippen LogP contribution >= 0.6 is 23.4 Å². The molecule has 0 spiro atoms. The molecule has 0 radical (unpaired) electrons. The molecule has 0 saturated heterocycles. The summed E-state index contributed by atoms with van der Waals surface area (Å²) in [6.45, 7) is 4.48. The summed E-state index contributed by atoms with van der Waals surface area (Å²) in [4.78, 5) is 12.2. The van der Waals surface area contributed by atoms with Crippen LogP contribution in [0, 0.1) is 0 Å². The van der Waals surface area contributed by atoms with Crippen LogP contribution in [0.4, 0.5) is 0 Å². The second kappa shape index (κ2) is 9.58.